The van der Waals surface area contributed by atoms with Gasteiger partial charge in [-0.25, -0.2) is 0 Å². The average molecular weight is 1150 g/mol. The van der Waals surface area contributed by atoms with Crippen LogP contribution >= 0.6 is 0 Å². The topological polar surface area (TPSA) is 585 Å². The van der Waals surface area contributed by atoms with Gasteiger partial charge >= 0.3 is 0 Å². The van der Waals surface area contributed by atoms with Crippen LogP contribution in [0.25, 0.3) is 0 Å². The Balaban J connectivity index is 0.934. The van der Waals surface area contributed by atoms with Crippen LogP contribution in [0.1, 0.15) is 0 Å². The first-order valence-corrected chi connectivity index (χ1v) is 24.7. The first-order valence-electron chi connectivity index (χ1n) is 24.7. The van der Waals surface area contributed by atoms with Crippen LogP contribution in [0.15, 0.2) is 0 Å². The molecular weight excluding hydrogens is 1080 g/mol. The summed E-state index contributed by atoms with van der Waals surface area (Å²) >= 11 is 0. The van der Waals surface area contributed by atoms with Gasteiger partial charge in [0.1, 0.15) is 171 Å². The fourth-order valence-corrected chi connectivity index (χ4v) is 9.80. The quantitative estimate of drug-likeness (QED) is 0.0571. The van der Waals surface area contributed by atoms with E-state index in [1.807, 2.05) is 0 Å². The van der Waals surface area contributed by atoms with Crippen LogP contribution in [-0.4, -0.2) is 379 Å². The summed E-state index contributed by atoms with van der Waals surface area (Å²) in [6.07, 6.45) is -66.6. The zero-order valence-corrected chi connectivity index (χ0v) is 40.8. The highest BCUT2D eigenvalue weighted by Crippen LogP contribution is 2.36. The van der Waals surface area contributed by atoms with Gasteiger partial charge in [0.2, 0.25) is 0 Å². The minimum Gasteiger partial charge on any atom is -0.394 e. The molecule has 0 bridgehead atoms. The van der Waals surface area contributed by atoms with E-state index in [0.717, 1.165) is 0 Å². The van der Waals surface area contributed by atoms with Crippen molar-refractivity contribution >= 4 is 0 Å². The third-order valence-corrected chi connectivity index (χ3v) is 14.5. The van der Waals surface area contributed by atoms with Gasteiger partial charge in [-0.1, -0.05) is 0 Å². The predicted octanol–water partition coefficient (Wildman–Crippen LogP) is -16.3. The lowest BCUT2D eigenvalue weighted by atomic mass is 9.95. The van der Waals surface area contributed by atoms with E-state index in [0.29, 0.717) is 0 Å². The van der Waals surface area contributed by atoms with E-state index in [4.69, 9.17) is 61.6 Å². The molecule has 78 heavy (non-hydrogen) atoms. The first-order chi connectivity index (χ1) is 36.9. The van der Waals surface area contributed by atoms with Gasteiger partial charge in [-0.3, -0.25) is 0 Å². The molecule has 23 N–H and O–H groups in total. The smallest absolute Gasteiger partial charge is 0.187 e. The molecule has 0 spiro atoms. The van der Waals surface area contributed by atoms with E-state index in [2.05, 4.69) is 0 Å². The van der Waals surface area contributed by atoms with Crippen molar-refractivity contribution < 1.29 is 179 Å². The van der Waals surface area contributed by atoms with Crippen molar-refractivity contribution in [2.45, 2.75) is 215 Å². The Morgan fingerprint density at radius 3 is 0.782 bits per heavy atom. The third-order valence-electron chi connectivity index (χ3n) is 14.5. The Bertz CT molecular complexity index is 1810. The molecule has 7 aliphatic rings. The van der Waals surface area contributed by atoms with Crippen LogP contribution in [0.2, 0.25) is 0 Å². The molecule has 456 valence electrons. The van der Waals surface area contributed by atoms with E-state index in [9.17, 15) is 117 Å². The Morgan fingerprint density at radius 1 is 0.218 bits per heavy atom. The molecule has 0 radical (unpaired) electrons. The van der Waals surface area contributed by atoms with Crippen molar-refractivity contribution in [3.63, 3.8) is 0 Å². The van der Waals surface area contributed by atoms with E-state index >= 15 is 0 Å². The lowest BCUT2D eigenvalue weighted by Gasteiger charge is -2.48. The van der Waals surface area contributed by atoms with Gasteiger partial charge in [0.25, 0.3) is 0 Å². The van der Waals surface area contributed by atoms with Crippen molar-refractivity contribution in [1.82, 2.24) is 0 Å². The molecule has 0 aromatic rings. The number of aliphatic hydroxyl groups excluding tert-OH is 23. The molecule has 0 unspecified atom stereocenters. The van der Waals surface area contributed by atoms with Crippen LogP contribution in [-0.2, 0) is 61.6 Å². The second kappa shape index (κ2) is 27.5. The molecule has 0 amide bonds. The van der Waals surface area contributed by atoms with E-state index in [1.54, 1.807) is 0 Å². The highest BCUT2D eigenvalue weighted by Gasteiger charge is 2.57. The van der Waals surface area contributed by atoms with Gasteiger partial charge in [-0.15, -0.1) is 0 Å². The van der Waals surface area contributed by atoms with E-state index in [1.165, 1.54) is 0 Å². The Kier molecular flexibility index (Phi) is 22.6. The molecule has 0 aliphatic carbocycles. The number of hydrogen-bond donors (Lipinski definition) is 23. The second-order valence-electron chi connectivity index (χ2n) is 19.6. The fraction of sp³-hybridized carbons (Fsp3) is 1.00. The zero-order chi connectivity index (χ0) is 57.3. The monoisotopic (exact) mass is 1150 g/mol. The Hall–Kier alpha value is -1.44. The van der Waals surface area contributed by atoms with Crippen molar-refractivity contribution in [3.8, 4) is 0 Å². The maximum absolute atomic E-state index is 11.2. The molecule has 7 rings (SSSR count). The molecule has 7 aliphatic heterocycles. The van der Waals surface area contributed by atoms with Gasteiger partial charge in [-0.2, -0.15) is 0 Å². The van der Waals surface area contributed by atoms with Crippen molar-refractivity contribution in [2.24, 2.45) is 0 Å². The molecular formula is C42H72O36. The van der Waals surface area contributed by atoms with Gasteiger partial charge < -0.3 is 179 Å². The third kappa shape index (κ3) is 13.2. The molecule has 0 aromatic carbocycles. The number of ether oxygens (including phenoxy) is 13. The summed E-state index contributed by atoms with van der Waals surface area (Å²) in [4.78, 5) is 0. The summed E-state index contributed by atoms with van der Waals surface area (Å²) in [5, 5.41) is 242. The fourth-order valence-electron chi connectivity index (χ4n) is 9.80. The van der Waals surface area contributed by atoms with Crippen molar-refractivity contribution in [2.75, 3.05) is 46.2 Å². The summed E-state index contributed by atoms with van der Waals surface area (Å²) in [5.41, 5.74) is 0. The van der Waals surface area contributed by atoms with E-state index in [-0.39, 0.29) is 0 Å². The summed E-state index contributed by atoms with van der Waals surface area (Å²) in [5.74, 6) is 0. The predicted molar refractivity (Wildman–Crippen MR) is 232 cm³/mol. The largest absolute Gasteiger partial charge is 0.394 e. The number of hydrogen-bond acceptors (Lipinski definition) is 36. The zero-order valence-electron chi connectivity index (χ0n) is 40.8. The molecule has 7 fully saturated rings. The summed E-state index contributed by atoms with van der Waals surface area (Å²) in [6, 6.07) is 0. The molecule has 7 saturated heterocycles. The Labute approximate surface area is 439 Å². The normalized spacial score (nSPS) is 53.5. The van der Waals surface area contributed by atoms with Crippen molar-refractivity contribution in [3.05, 3.63) is 0 Å². The summed E-state index contributed by atoms with van der Waals surface area (Å²) in [7, 11) is 0. The van der Waals surface area contributed by atoms with E-state index < -0.39 is 261 Å². The van der Waals surface area contributed by atoms with Crippen LogP contribution in [0.4, 0.5) is 0 Å². The second-order valence-corrected chi connectivity index (χ2v) is 19.6. The average Bonchev–Trinajstić information content (AvgIpc) is 3.46. The van der Waals surface area contributed by atoms with Gasteiger partial charge in [-0.05, 0) is 0 Å². The van der Waals surface area contributed by atoms with Gasteiger partial charge in [0.05, 0.1) is 46.2 Å². The standard InChI is InChI=1S/C42H72O36/c43-1-8-15(48)18(51)26(59)37(69-8)66-6-13-16(49)19(52)27(60)39(73-13)77-35-12(5-47)72-42(31(64)24(35)57)78-33-10(3-45)70-38(29(62)22(33)55)67-7-14-17(50)20(53)28(61)40(74-14)76-34-11(4-46)71-41(30(63)23(34)56)75-32-9(2-44)68-36(65)25(58)21(32)54/h8-65H,1-7H2/t8-,9-,10-,11-,12-,13-,14-,15-,16-,17-,18+,19+,20+,21-,22-,23-,24-,25-,26-,27-,28-,29-,30-,31-,32-,33-,34-,35-,36+,37+,38+,39-,40-,41-,42-/m1/s1. The number of rotatable bonds is 19. The van der Waals surface area contributed by atoms with Crippen LogP contribution in [0, 0.1) is 0 Å². The molecule has 7 heterocycles. The lowest BCUT2D eigenvalue weighted by molar-refractivity contribution is -0.386. The minimum absolute atomic E-state index is 0.767. The molecule has 35 atom stereocenters. The minimum atomic E-state index is -2.19. The maximum Gasteiger partial charge on any atom is 0.187 e. The lowest BCUT2D eigenvalue weighted by Crippen LogP contribution is -2.67. The molecule has 36 heteroatoms. The number of aliphatic hydroxyl groups is 23. The molecule has 36 nitrogen and oxygen atoms in total. The maximum atomic E-state index is 11.2. The van der Waals surface area contributed by atoms with Gasteiger partial charge in [0, 0.05) is 0 Å². The summed E-state index contributed by atoms with van der Waals surface area (Å²) < 4.78 is 71.6. The highest BCUT2D eigenvalue weighted by atomic mass is 16.8. The summed E-state index contributed by atoms with van der Waals surface area (Å²) in [6.45, 7) is -6.38. The van der Waals surface area contributed by atoms with Gasteiger partial charge in [0.15, 0.2) is 44.0 Å². The SMILES string of the molecule is OC[C@H]1O[C@H](OC[C@H]2O[C@H](O[C@H]3[C@H](O)[C@@H](O)[C@@H](O[C@H]4[C@H](O)[C@@H](O)[C@@H](OC[C@H]5O[C@H](O[C@H]6[C@H](O)[C@@H](O)[C@@H](O[C@H]7[C@H](O)[C@@H](O)[C@@H](O)O[C@@H]7CO)O[C@@H]6CO)[C@H](O)[C@@H](O)[C@@H]5O)O[C@@H]4CO)O[C@@H]3CO)[C@H](O)[C@@H](O)[C@@H]2O)[C@H](O)[C@@H](O)[C@@H]1O. The van der Waals surface area contributed by atoms with Crippen LogP contribution in [0.5, 0.6) is 0 Å². The van der Waals surface area contributed by atoms with Crippen LogP contribution in [0.3, 0.4) is 0 Å². The Morgan fingerprint density at radius 2 is 0.449 bits per heavy atom. The highest BCUT2D eigenvalue weighted by molar-refractivity contribution is 4.99. The van der Waals surface area contributed by atoms with Crippen LogP contribution < -0.4 is 0 Å². The first kappa shape index (κ1) is 64.1. The molecule has 0 saturated carbocycles. The van der Waals surface area contributed by atoms with Crippen molar-refractivity contribution in [1.29, 1.82) is 0 Å². The molecule has 0 aromatic heterocycles.